The Morgan fingerprint density at radius 3 is 2.58 bits per heavy atom. The Morgan fingerprint density at radius 2 is 1.78 bits per heavy atom. The number of carbonyl (C=O) groups is 1. The number of carbonyl (C=O) groups excluding carboxylic acids is 1. The van der Waals surface area contributed by atoms with Crippen LogP contribution in [-0.2, 0) is 17.8 Å². The first-order valence-electron chi connectivity index (χ1n) is 12.0. The van der Waals surface area contributed by atoms with Gasteiger partial charge in [0.25, 0.3) is 0 Å². The van der Waals surface area contributed by atoms with E-state index in [1.807, 2.05) is 28.9 Å². The number of nitrogens with one attached hydrogen (secondary N) is 1. The lowest BCUT2D eigenvalue weighted by atomic mass is 10.1. The fraction of sp³-hybridized carbons (Fsp3) is 0.138. The topological polar surface area (TPSA) is 64.2 Å². The van der Waals surface area contributed by atoms with Gasteiger partial charge in [-0.1, -0.05) is 85.4 Å². The molecule has 1 amide bonds. The average molecular weight is 492 g/mol. The van der Waals surface area contributed by atoms with Crippen LogP contribution in [0.2, 0.25) is 0 Å². The summed E-state index contributed by atoms with van der Waals surface area (Å²) in [6.45, 7) is 2.91. The molecule has 0 bridgehead atoms. The Morgan fingerprint density at radius 1 is 1.00 bits per heavy atom. The summed E-state index contributed by atoms with van der Waals surface area (Å²) in [7, 11) is 0. The molecule has 6 rings (SSSR count). The van der Waals surface area contributed by atoms with Crippen molar-refractivity contribution in [1.82, 2.24) is 19.7 Å². The number of nitrogens with zero attached hydrogens (tertiary/aromatic N) is 4. The maximum atomic E-state index is 11.8. The molecule has 7 heteroatoms. The van der Waals surface area contributed by atoms with E-state index in [0.29, 0.717) is 16.7 Å². The quantitative estimate of drug-likeness (QED) is 0.319. The monoisotopic (exact) mass is 491 g/mol. The smallest absolute Gasteiger partial charge is 0.236 e. The molecular formula is C29H25N5OS. The number of para-hydroxylation sites is 2. The van der Waals surface area contributed by atoms with Crippen LogP contribution >= 0.6 is 11.8 Å². The molecule has 6 nitrogen and oxygen atoms in total. The number of aromatic nitrogens is 3. The van der Waals surface area contributed by atoms with Crippen molar-refractivity contribution in [3.05, 3.63) is 102 Å². The Balaban J connectivity index is 1.51. The Hall–Kier alpha value is -4.10. The van der Waals surface area contributed by atoms with Gasteiger partial charge in [-0.3, -0.25) is 4.79 Å². The van der Waals surface area contributed by atoms with E-state index in [1.165, 1.54) is 22.9 Å². The van der Waals surface area contributed by atoms with Gasteiger partial charge < -0.3 is 9.88 Å². The molecule has 3 aromatic carbocycles. The predicted molar refractivity (Wildman–Crippen MR) is 147 cm³/mol. The second-order valence-corrected chi connectivity index (χ2v) is 9.67. The maximum Gasteiger partial charge on any atom is 0.236 e. The second-order valence-electron chi connectivity index (χ2n) is 8.71. The van der Waals surface area contributed by atoms with Crippen molar-refractivity contribution in [2.45, 2.75) is 19.9 Å². The SMILES string of the molecule is CCc1ccccc1-n1nc(-c2cn(Cc3ccccc3)c3ccccc23)cc1/N=C1/NC(=O)CS1. The van der Waals surface area contributed by atoms with E-state index in [2.05, 4.69) is 83.7 Å². The maximum absolute atomic E-state index is 11.8. The molecule has 1 aliphatic rings. The zero-order valence-electron chi connectivity index (χ0n) is 19.9. The number of aliphatic imine (C=N–C) groups is 1. The molecule has 0 saturated carbocycles. The van der Waals surface area contributed by atoms with Crippen LogP contribution in [0.15, 0.2) is 96.1 Å². The van der Waals surface area contributed by atoms with Crippen LogP contribution in [0, 0.1) is 0 Å². The van der Waals surface area contributed by atoms with Crippen molar-refractivity contribution >= 4 is 39.6 Å². The van der Waals surface area contributed by atoms with Gasteiger partial charge in [0, 0.05) is 35.3 Å². The van der Waals surface area contributed by atoms with E-state index in [1.54, 1.807) is 0 Å². The van der Waals surface area contributed by atoms with Gasteiger partial charge in [0.1, 0.15) is 0 Å². The highest BCUT2D eigenvalue weighted by molar-refractivity contribution is 8.15. The van der Waals surface area contributed by atoms with Gasteiger partial charge in [0.05, 0.1) is 17.1 Å². The average Bonchev–Trinajstić information content (AvgIpc) is 3.62. The first-order chi connectivity index (χ1) is 17.7. The van der Waals surface area contributed by atoms with E-state index < -0.39 is 0 Å². The lowest BCUT2D eigenvalue weighted by molar-refractivity contribution is -0.116. The number of hydrogen-bond donors (Lipinski definition) is 1. The molecule has 36 heavy (non-hydrogen) atoms. The highest BCUT2D eigenvalue weighted by Crippen LogP contribution is 2.34. The summed E-state index contributed by atoms with van der Waals surface area (Å²) in [4.78, 5) is 16.6. The van der Waals surface area contributed by atoms with Gasteiger partial charge >= 0.3 is 0 Å². The van der Waals surface area contributed by atoms with Crippen molar-refractivity contribution in [2.24, 2.45) is 4.99 Å². The number of aryl methyl sites for hydroxylation is 1. The molecule has 5 aromatic rings. The minimum atomic E-state index is -0.0250. The van der Waals surface area contributed by atoms with Crippen LogP contribution in [0.3, 0.4) is 0 Å². The summed E-state index contributed by atoms with van der Waals surface area (Å²) in [6.07, 6.45) is 3.06. The summed E-state index contributed by atoms with van der Waals surface area (Å²) in [6, 6.07) is 29.2. The number of benzene rings is 3. The van der Waals surface area contributed by atoms with E-state index in [9.17, 15) is 4.79 Å². The Bertz CT molecular complexity index is 1600. The van der Waals surface area contributed by atoms with Gasteiger partial charge in [0.2, 0.25) is 5.91 Å². The van der Waals surface area contributed by atoms with E-state index >= 15 is 0 Å². The molecule has 3 heterocycles. The number of thioether (sulfide) groups is 1. The lowest BCUT2D eigenvalue weighted by Crippen LogP contribution is -2.20. The highest BCUT2D eigenvalue weighted by atomic mass is 32.2. The van der Waals surface area contributed by atoms with Crippen LogP contribution in [0.4, 0.5) is 5.82 Å². The highest BCUT2D eigenvalue weighted by Gasteiger charge is 2.21. The largest absolute Gasteiger partial charge is 0.342 e. The molecule has 178 valence electrons. The summed E-state index contributed by atoms with van der Waals surface area (Å²) in [5.74, 6) is 1.05. The molecule has 0 unspecified atom stereocenters. The summed E-state index contributed by atoms with van der Waals surface area (Å²) >= 11 is 1.42. The molecule has 1 saturated heterocycles. The molecule has 1 N–H and O–H groups in total. The first-order valence-corrected chi connectivity index (χ1v) is 13.0. The van der Waals surface area contributed by atoms with Crippen LogP contribution < -0.4 is 5.32 Å². The molecule has 1 aliphatic heterocycles. The van der Waals surface area contributed by atoms with Crippen molar-refractivity contribution < 1.29 is 4.79 Å². The van der Waals surface area contributed by atoms with E-state index in [0.717, 1.165) is 40.8 Å². The number of amidine groups is 1. The van der Waals surface area contributed by atoms with Crippen LogP contribution in [0.1, 0.15) is 18.1 Å². The third kappa shape index (κ3) is 4.22. The van der Waals surface area contributed by atoms with Crippen molar-refractivity contribution in [1.29, 1.82) is 0 Å². The fourth-order valence-corrected chi connectivity index (χ4v) is 5.31. The van der Waals surface area contributed by atoms with E-state index in [4.69, 9.17) is 10.1 Å². The van der Waals surface area contributed by atoms with Gasteiger partial charge in [-0.25, -0.2) is 9.67 Å². The molecule has 0 radical (unpaired) electrons. The number of rotatable bonds is 6. The zero-order valence-corrected chi connectivity index (χ0v) is 20.7. The molecule has 0 spiro atoms. The number of hydrogen-bond acceptors (Lipinski definition) is 4. The Kier molecular flexibility index (Phi) is 5.91. The molecule has 1 fully saturated rings. The third-order valence-electron chi connectivity index (χ3n) is 6.35. The predicted octanol–water partition coefficient (Wildman–Crippen LogP) is 5.96. The number of amides is 1. The van der Waals surface area contributed by atoms with Crippen molar-refractivity contribution in [3.63, 3.8) is 0 Å². The molecule has 0 aliphatic carbocycles. The van der Waals surface area contributed by atoms with Crippen LogP contribution in [0.25, 0.3) is 27.8 Å². The Labute approximate surface area is 213 Å². The summed E-state index contributed by atoms with van der Waals surface area (Å²) < 4.78 is 4.17. The van der Waals surface area contributed by atoms with Crippen LogP contribution in [0.5, 0.6) is 0 Å². The van der Waals surface area contributed by atoms with E-state index in [-0.39, 0.29) is 5.91 Å². The van der Waals surface area contributed by atoms with Gasteiger partial charge in [0.15, 0.2) is 11.0 Å². The van der Waals surface area contributed by atoms with Crippen molar-refractivity contribution in [3.8, 4) is 16.9 Å². The number of fused-ring (bicyclic) bond motifs is 1. The lowest BCUT2D eigenvalue weighted by Gasteiger charge is -2.09. The van der Waals surface area contributed by atoms with Gasteiger partial charge in [-0.05, 0) is 29.7 Å². The van der Waals surface area contributed by atoms with Gasteiger partial charge in [-0.15, -0.1) is 0 Å². The third-order valence-corrected chi connectivity index (χ3v) is 7.23. The molecule has 0 atom stereocenters. The standard InChI is InChI=1S/C29H25N5OS/c1-2-21-12-6-8-14-25(21)34-27(30-29-31-28(35)19-36-29)16-24(32-34)23-18-33(17-20-10-4-3-5-11-20)26-15-9-7-13-22(23)26/h3-16,18H,2,17,19H2,1H3,(H,30,31,35). The van der Waals surface area contributed by atoms with Crippen molar-refractivity contribution in [2.75, 3.05) is 5.75 Å². The summed E-state index contributed by atoms with van der Waals surface area (Å²) in [5, 5.41) is 9.66. The minimum Gasteiger partial charge on any atom is -0.342 e. The fourth-order valence-electron chi connectivity index (χ4n) is 4.63. The minimum absolute atomic E-state index is 0.0250. The van der Waals surface area contributed by atoms with Gasteiger partial charge in [-0.2, -0.15) is 5.10 Å². The zero-order chi connectivity index (χ0) is 24.5. The summed E-state index contributed by atoms with van der Waals surface area (Å²) in [5.41, 5.74) is 6.48. The normalized spacial score (nSPS) is 14.6. The molecular weight excluding hydrogens is 466 g/mol. The first kappa shape index (κ1) is 22.4. The molecule has 2 aromatic heterocycles. The van der Waals surface area contributed by atoms with Crippen LogP contribution in [-0.4, -0.2) is 31.2 Å². The second kappa shape index (κ2) is 9.51.